The molecule has 0 radical (unpaired) electrons. The number of aryl methyl sites for hydroxylation is 1. The van der Waals surface area contributed by atoms with Crippen LogP contribution < -0.4 is 5.32 Å². The molecule has 2 aromatic carbocycles. The molecule has 1 heterocycles. The van der Waals surface area contributed by atoms with Crippen LogP contribution in [0.25, 0.3) is 0 Å². The monoisotopic (exact) mass is 363 g/mol. The maximum Gasteiger partial charge on any atom is 0.323 e. The zero-order valence-electron chi connectivity index (χ0n) is 15.1. The number of piperidine rings is 1. The van der Waals surface area contributed by atoms with E-state index in [2.05, 4.69) is 17.2 Å². The Hall–Kier alpha value is -2.64. The molecule has 1 fully saturated rings. The van der Waals surface area contributed by atoms with Gasteiger partial charge in [-0.15, -0.1) is 0 Å². The number of rotatable bonds is 2. The lowest BCUT2D eigenvalue weighted by Crippen LogP contribution is -2.41. The molecule has 4 heteroatoms. The summed E-state index contributed by atoms with van der Waals surface area (Å²) in [6.45, 7) is 0.883. The van der Waals surface area contributed by atoms with E-state index in [-0.39, 0.29) is 23.9 Å². The van der Waals surface area contributed by atoms with Crippen molar-refractivity contribution in [2.24, 2.45) is 0 Å². The van der Waals surface area contributed by atoms with Crippen molar-refractivity contribution in [1.29, 1.82) is 0 Å². The fourth-order valence-corrected chi connectivity index (χ4v) is 3.76. The van der Waals surface area contributed by atoms with E-state index >= 15 is 0 Å². The number of benzene rings is 2. The van der Waals surface area contributed by atoms with E-state index in [0.29, 0.717) is 5.56 Å². The molecular formula is C23H22FNO2. The van der Waals surface area contributed by atoms with Gasteiger partial charge in [0.2, 0.25) is 0 Å². The molecule has 0 bridgehead atoms. The van der Waals surface area contributed by atoms with Crippen molar-refractivity contribution in [2.45, 2.75) is 44.2 Å². The van der Waals surface area contributed by atoms with Gasteiger partial charge in [0, 0.05) is 11.1 Å². The smallest absolute Gasteiger partial charge is 0.323 e. The summed E-state index contributed by atoms with van der Waals surface area (Å²) in [6, 6.07) is 12.1. The molecule has 1 saturated heterocycles. The molecule has 2 unspecified atom stereocenters. The van der Waals surface area contributed by atoms with Crippen molar-refractivity contribution in [2.75, 3.05) is 6.54 Å². The Morgan fingerprint density at radius 2 is 1.93 bits per heavy atom. The van der Waals surface area contributed by atoms with Crippen molar-refractivity contribution >= 4 is 5.97 Å². The summed E-state index contributed by atoms with van der Waals surface area (Å²) in [7, 11) is 0. The van der Waals surface area contributed by atoms with Gasteiger partial charge in [-0.25, -0.2) is 4.39 Å². The highest BCUT2D eigenvalue weighted by Gasteiger charge is 2.29. The lowest BCUT2D eigenvalue weighted by atomic mass is 10.0. The molecule has 3 nitrogen and oxygen atoms in total. The summed E-state index contributed by atoms with van der Waals surface area (Å²) in [6.07, 6.45) is 4.57. The lowest BCUT2D eigenvalue weighted by molar-refractivity contribution is -0.152. The number of carbonyl (C=O) groups is 1. The number of esters is 1. The van der Waals surface area contributed by atoms with E-state index in [1.807, 2.05) is 18.2 Å². The number of hydrogen-bond acceptors (Lipinski definition) is 3. The Balaban J connectivity index is 1.45. The maximum atomic E-state index is 13.2. The third-order valence-electron chi connectivity index (χ3n) is 5.19. The first kappa shape index (κ1) is 17.8. The molecular weight excluding hydrogens is 341 g/mol. The minimum absolute atomic E-state index is 0.137. The average Bonchev–Trinajstić information content (AvgIpc) is 3.09. The van der Waals surface area contributed by atoms with Crippen molar-refractivity contribution in [1.82, 2.24) is 5.32 Å². The zero-order valence-corrected chi connectivity index (χ0v) is 15.1. The molecule has 27 heavy (non-hydrogen) atoms. The zero-order chi connectivity index (χ0) is 18.6. The predicted octanol–water partition coefficient (Wildman–Crippen LogP) is 3.90. The minimum Gasteiger partial charge on any atom is -0.456 e. The van der Waals surface area contributed by atoms with Crippen molar-refractivity contribution in [3.05, 3.63) is 70.5 Å². The fourth-order valence-electron chi connectivity index (χ4n) is 3.76. The highest BCUT2D eigenvalue weighted by molar-refractivity contribution is 5.76. The van der Waals surface area contributed by atoms with Crippen LogP contribution in [0.4, 0.5) is 4.39 Å². The van der Waals surface area contributed by atoms with Crippen molar-refractivity contribution in [3.63, 3.8) is 0 Å². The van der Waals surface area contributed by atoms with Crippen LogP contribution in [-0.4, -0.2) is 18.6 Å². The van der Waals surface area contributed by atoms with Gasteiger partial charge in [0.1, 0.15) is 18.0 Å². The van der Waals surface area contributed by atoms with Crippen LogP contribution in [0.3, 0.4) is 0 Å². The van der Waals surface area contributed by atoms with Gasteiger partial charge >= 0.3 is 5.97 Å². The van der Waals surface area contributed by atoms with Crippen LogP contribution in [0.2, 0.25) is 0 Å². The predicted molar refractivity (Wildman–Crippen MR) is 102 cm³/mol. The number of nitrogens with one attached hydrogen (secondary N) is 1. The third kappa shape index (κ3) is 4.20. The second kappa shape index (κ2) is 7.94. The maximum absolute atomic E-state index is 13.2. The first-order valence-electron chi connectivity index (χ1n) is 9.53. The van der Waals surface area contributed by atoms with E-state index in [9.17, 15) is 9.18 Å². The van der Waals surface area contributed by atoms with E-state index in [0.717, 1.165) is 49.8 Å². The van der Waals surface area contributed by atoms with Crippen LogP contribution in [0.15, 0.2) is 42.5 Å². The normalized spacial score (nSPS) is 21.1. The molecule has 0 spiro atoms. The van der Waals surface area contributed by atoms with Crippen molar-refractivity contribution in [3.8, 4) is 11.8 Å². The van der Waals surface area contributed by atoms with Gasteiger partial charge in [0.15, 0.2) is 0 Å². The Labute approximate surface area is 158 Å². The summed E-state index contributed by atoms with van der Waals surface area (Å²) in [4.78, 5) is 12.4. The van der Waals surface area contributed by atoms with E-state index < -0.39 is 0 Å². The Kier molecular flexibility index (Phi) is 5.22. The molecule has 138 valence electrons. The van der Waals surface area contributed by atoms with Gasteiger partial charge in [-0.3, -0.25) is 4.79 Å². The van der Waals surface area contributed by atoms with Gasteiger partial charge in [-0.1, -0.05) is 30.4 Å². The summed E-state index contributed by atoms with van der Waals surface area (Å²) >= 11 is 0. The van der Waals surface area contributed by atoms with Gasteiger partial charge < -0.3 is 10.1 Å². The topological polar surface area (TPSA) is 38.3 Å². The highest BCUT2D eigenvalue weighted by Crippen LogP contribution is 2.35. The van der Waals surface area contributed by atoms with Crippen LogP contribution in [0.1, 0.15) is 54.0 Å². The number of carbonyl (C=O) groups excluding carboxylic acids is 1. The molecule has 2 aromatic rings. The molecule has 2 atom stereocenters. The number of fused-ring (bicyclic) bond motifs is 1. The van der Waals surface area contributed by atoms with Gasteiger partial charge in [0.05, 0.1) is 0 Å². The number of halogens is 1. The van der Waals surface area contributed by atoms with Crippen LogP contribution in [0, 0.1) is 17.7 Å². The van der Waals surface area contributed by atoms with Crippen LogP contribution in [0.5, 0.6) is 0 Å². The second-order valence-electron chi connectivity index (χ2n) is 7.14. The average molecular weight is 363 g/mol. The van der Waals surface area contributed by atoms with E-state index in [4.69, 9.17) is 4.74 Å². The summed E-state index contributed by atoms with van der Waals surface area (Å²) in [5.74, 6) is 5.67. The third-order valence-corrected chi connectivity index (χ3v) is 5.19. The van der Waals surface area contributed by atoms with E-state index in [1.54, 1.807) is 12.1 Å². The standard InChI is InChI=1S/C23H22FNO2/c24-19-5-3-4-16(15-19)7-8-17-9-11-20-18(14-17)10-12-22(20)27-23(26)21-6-1-2-13-25-21/h3-5,9,11,14-15,21-22,25H,1-2,6,10,12-13H2. The fraction of sp³-hybridized carbons (Fsp3) is 0.348. The molecule has 0 aromatic heterocycles. The molecule has 1 aliphatic heterocycles. The SMILES string of the molecule is O=C(OC1CCc2cc(C#Cc3cccc(F)c3)ccc21)C1CCCCN1. The van der Waals surface area contributed by atoms with Gasteiger partial charge in [-0.05, 0) is 73.7 Å². The summed E-state index contributed by atoms with van der Waals surface area (Å²) in [5, 5.41) is 3.24. The van der Waals surface area contributed by atoms with Crippen molar-refractivity contribution < 1.29 is 13.9 Å². The number of ether oxygens (including phenoxy) is 1. The molecule has 0 amide bonds. The Bertz CT molecular complexity index is 906. The van der Waals surface area contributed by atoms with Gasteiger partial charge in [-0.2, -0.15) is 0 Å². The summed E-state index contributed by atoms with van der Waals surface area (Å²) < 4.78 is 19.0. The second-order valence-corrected chi connectivity index (χ2v) is 7.14. The first-order valence-corrected chi connectivity index (χ1v) is 9.53. The van der Waals surface area contributed by atoms with Gasteiger partial charge in [0.25, 0.3) is 0 Å². The first-order chi connectivity index (χ1) is 13.2. The molecule has 0 saturated carbocycles. The lowest BCUT2D eigenvalue weighted by Gasteiger charge is -2.24. The van der Waals surface area contributed by atoms with Crippen LogP contribution in [-0.2, 0) is 16.0 Å². The molecule has 2 aliphatic rings. The highest BCUT2D eigenvalue weighted by atomic mass is 19.1. The number of hydrogen-bond donors (Lipinski definition) is 1. The largest absolute Gasteiger partial charge is 0.456 e. The minimum atomic E-state index is -0.284. The molecule has 1 aliphatic carbocycles. The molecule has 1 N–H and O–H groups in total. The summed E-state index contributed by atoms with van der Waals surface area (Å²) in [5.41, 5.74) is 3.80. The Morgan fingerprint density at radius 3 is 2.70 bits per heavy atom. The molecule has 4 rings (SSSR count). The Morgan fingerprint density at radius 1 is 1.07 bits per heavy atom. The quantitative estimate of drug-likeness (QED) is 0.650. The van der Waals surface area contributed by atoms with E-state index in [1.165, 1.54) is 17.7 Å². The van der Waals surface area contributed by atoms with Crippen LogP contribution >= 0.6 is 0 Å².